The van der Waals surface area contributed by atoms with Gasteiger partial charge in [0.2, 0.25) is 5.95 Å². The molecule has 0 amide bonds. The number of hydrogen-bond donors (Lipinski definition) is 0. The van der Waals surface area contributed by atoms with Gasteiger partial charge < -0.3 is 4.90 Å². The van der Waals surface area contributed by atoms with Crippen LogP contribution in [-0.4, -0.2) is 23.6 Å². The maximum Gasteiger partial charge on any atom is 0.225 e. The van der Waals surface area contributed by atoms with Crippen LogP contribution in [0.25, 0.3) is 0 Å². The van der Waals surface area contributed by atoms with Gasteiger partial charge in [-0.15, -0.1) is 6.58 Å². The highest BCUT2D eigenvalue weighted by atomic mass is 127. The summed E-state index contributed by atoms with van der Waals surface area (Å²) >= 11 is 2.18. The van der Waals surface area contributed by atoms with Gasteiger partial charge >= 0.3 is 0 Å². The Labute approximate surface area is 85.7 Å². The van der Waals surface area contributed by atoms with Gasteiger partial charge in [-0.2, -0.15) is 0 Å². The molecule has 0 bridgehead atoms. The lowest BCUT2D eigenvalue weighted by atomic mass is 10.5. The number of anilines is 1. The first kappa shape index (κ1) is 9.44. The van der Waals surface area contributed by atoms with Crippen molar-refractivity contribution >= 4 is 28.5 Å². The second-order valence-corrected chi connectivity index (χ2v) is 3.62. The van der Waals surface area contributed by atoms with E-state index in [0.29, 0.717) is 0 Å². The molecule has 0 spiro atoms. The molecule has 0 saturated carbocycles. The summed E-state index contributed by atoms with van der Waals surface area (Å²) in [5, 5.41) is 0. The molecule has 0 atom stereocenters. The number of nitrogens with zero attached hydrogens (tertiary/aromatic N) is 3. The normalized spacial score (nSPS) is 9.50. The molecule has 0 saturated heterocycles. The fourth-order valence-electron chi connectivity index (χ4n) is 0.778. The predicted octanol–water partition coefficient (Wildman–Crippen LogP) is 1.70. The van der Waals surface area contributed by atoms with E-state index in [4.69, 9.17) is 0 Å². The van der Waals surface area contributed by atoms with E-state index in [1.807, 2.05) is 18.0 Å². The lowest BCUT2D eigenvalue weighted by Gasteiger charge is -2.13. The first-order valence-electron chi connectivity index (χ1n) is 3.53. The third-order valence-corrected chi connectivity index (χ3v) is 1.91. The average Bonchev–Trinajstić information content (AvgIpc) is 2.06. The van der Waals surface area contributed by atoms with Crippen LogP contribution in [0.4, 0.5) is 5.95 Å². The number of aromatic nitrogens is 2. The maximum atomic E-state index is 4.16. The van der Waals surface area contributed by atoms with Crippen molar-refractivity contribution in [3.63, 3.8) is 0 Å². The number of halogens is 1. The highest BCUT2D eigenvalue weighted by Crippen LogP contribution is 2.05. The zero-order valence-electron chi connectivity index (χ0n) is 6.87. The quantitative estimate of drug-likeness (QED) is 0.621. The molecular formula is C8H10IN3. The van der Waals surface area contributed by atoms with Gasteiger partial charge in [-0.25, -0.2) is 9.97 Å². The molecule has 0 aliphatic rings. The molecular weight excluding hydrogens is 265 g/mol. The molecule has 0 N–H and O–H groups in total. The minimum atomic E-state index is 0.732. The highest BCUT2D eigenvalue weighted by molar-refractivity contribution is 14.1. The zero-order chi connectivity index (χ0) is 8.97. The van der Waals surface area contributed by atoms with Gasteiger partial charge in [0.05, 0.1) is 0 Å². The molecule has 0 aliphatic carbocycles. The molecule has 0 aromatic carbocycles. The van der Waals surface area contributed by atoms with E-state index in [1.165, 1.54) is 0 Å². The Morgan fingerprint density at radius 3 is 2.67 bits per heavy atom. The fraction of sp³-hybridized carbons (Fsp3) is 0.250. The minimum Gasteiger partial charge on any atom is -0.340 e. The summed E-state index contributed by atoms with van der Waals surface area (Å²) in [4.78, 5) is 10.2. The summed E-state index contributed by atoms with van der Waals surface area (Å²) in [7, 11) is 1.93. The van der Waals surface area contributed by atoms with E-state index in [1.54, 1.807) is 12.4 Å². The molecule has 12 heavy (non-hydrogen) atoms. The summed E-state index contributed by atoms with van der Waals surface area (Å²) in [5.74, 6) is 0.732. The largest absolute Gasteiger partial charge is 0.340 e. The smallest absolute Gasteiger partial charge is 0.225 e. The van der Waals surface area contributed by atoms with Gasteiger partial charge in [-0.3, -0.25) is 0 Å². The molecule has 0 fully saturated rings. The third-order valence-electron chi connectivity index (χ3n) is 1.35. The lowest BCUT2D eigenvalue weighted by Crippen LogP contribution is -2.19. The van der Waals surface area contributed by atoms with Crippen molar-refractivity contribution in [2.45, 2.75) is 0 Å². The number of likely N-dealkylation sites (N-methyl/N-ethyl adjacent to an activating group) is 1. The molecule has 0 radical (unpaired) electrons. The van der Waals surface area contributed by atoms with E-state index >= 15 is 0 Å². The fourth-order valence-corrected chi connectivity index (χ4v) is 1.06. The van der Waals surface area contributed by atoms with Crippen LogP contribution < -0.4 is 4.90 Å². The first-order chi connectivity index (χ1) is 5.74. The monoisotopic (exact) mass is 275 g/mol. The van der Waals surface area contributed by atoms with Crippen molar-refractivity contribution < 1.29 is 0 Å². The van der Waals surface area contributed by atoms with Crippen LogP contribution in [0.1, 0.15) is 0 Å². The summed E-state index contributed by atoms with van der Waals surface area (Å²) in [6, 6.07) is 0. The first-order valence-corrected chi connectivity index (χ1v) is 4.61. The zero-order valence-corrected chi connectivity index (χ0v) is 9.02. The second kappa shape index (κ2) is 4.39. The Morgan fingerprint density at radius 2 is 2.17 bits per heavy atom. The molecule has 1 heterocycles. The summed E-state index contributed by atoms with van der Waals surface area (Å²) in [5.41, 5.74) is 0. The van der Waals surface area contributed by atoms with Crippen LogP contribution in [0.2, 0.25) is 0 Å². The molecule has 1 aromatic rings. The molecule has 0 unspecified atom stereocenters. The van der Waals surface area contributed by atoms with E-state index in [2.05, 4.69) is 39.1 Å². The number of hydrogen-bond acceptors (Lipinski definition) is 3. The van der Waals surface area contributed by atoms with Crippen LogP contribution >= 0.6 is 22.6 Å². The molecule has 3 nitrogen and oxygen atoms in total. The van der Waals surface area contributed by atoms with Gasteiger partial charge in [0.15, 0.2) is 0 Å². The molecule has 1 aromatic heterocycles. The van der Waals surface area contributed by atoms with Crippen molar-refractivity contribution in [3.05, 3.63) is 28.6 Å². The summed E-state index contributed by atoms with van der Waals surface area (Å²) in [6.07, 6.45) is 5.41. The maximum absolute atomic E-state index is 4.16. The van der Waals surface area contributed by atoms with Crippen LogP contribution in [0, 0.1) is 3.57 Å². The molecule has 64 valence electrons. The van der Waals surface area contributed by atoms with E-state index in [9.17, 15) is 0 Å². The highest BCUT2D eigenvalue weighted by Gasteiger charge is 1.99. The van der Waals surface area contributed by atoms with Crippen LogP contribution in [-0.2, 0) is 0 Å². The third kappa shape index (κ3) is 2.44. The lowest BCUT2D eigenvalue weighted by molar-refractivity contribution is 0.939. The van der Waals surface area contributed by atoms with Gasteiger partial charge in [-0.05, 0) is 22.6 Å². The van der Waals surface area contributed by atoms with Crippen LogP contribution in [0.5, 0.6) is 0 Å². The molecule has 0 aliphatic heterocycles. The molecule has 4 heteroatoms. The van der Waals surface area contributed by atoms with E-state index < -0.39 is 0 Å². The topological polar surface area (TPSA) is 29.0 Å². The van der Waals surface area contributed by atoms with Crippen molar-refractivity contribution in [1.29, 1.82) is 0 Å². The van der Waals surface area contributed by atoms with Gasteiger partial charge in [0.25, 0.3) is 0 Å². The second-order valence-electron chi connectivity index (χ2n) is 2.37. The van der Waals surface area contributed by atoms with Crippen LogP contribution in [0.3, 0.4) is 0 Å². The van der Waals surface area contributed by atoms with Crippen molar-refractivity contribution in [2.24, 2.45) is 0 Å². The van der Waals surface area contributed by atoms with Crippen LogP contribution in [0.15, 0.2) is 25.0 Å². The van der Waals surface area contributed by atoms with Gasteiger partial charge in [0.1, 0.15) is 0 Å². The Hall–Kier alpha value is -0.650. The minimum absolute atomic E-state index is 0.732. The Balaban J connectivity index is 2.74. The van der Waals surface area contributed by atoms with E-state index in [-0.39, 0.29) is 0 Å². The van der Waals surface area contributed by atoms with Gasteiger partial charge in [0, 0.05) is 29.6 Å². The summed E-state index contributed by atoms with van der Waals surface area (Å²) < 4.78 is 1.04. The Bertz CT molecular complexity index is 258. The molecule has 1 rings (SSSR count). The Kier molecular flexibility index (Phi) is 3.46. The van der Waals surface area contributed by atoms with E-state index in [0.717, 1.165) is 16.1 Å². The van der Waals surface area contributed by atoms with Crippen molar-refractivity contribution in [1.82, 2.24) is 9.97 Å². The standard InChI is InChI=1S/C8H10IN3/c1-3-4-12(2)8-10-5-7(9)6-11-8/h3,5-6H,1,4H2,2H3. The predicted molar refractivity (Wildman–Crippen MR) is 58.2 cm³/mol. The van der Waals surface area contributed by atoms with Gasteiger partial charge in [-0.1, -0.05) is 6.08 Å². The Morgan fingerprint density at radius 1 is 1.58 bits per heavy atom. The summed E-state index contributed by atoms with van der Waals surface area (Å²) in [6.45, 7) is 4.41. The number of rotatable bonds is 3. The SMILES string of the molecule is C=CCN(C)c1ncc(I)cn1. The van der Waals surface area contributed by atoms with Crippen molar-refractivity contribution in [3.8, 4) is 0 Å². The van der Waals surface area contributed by atoms with Crippen molar-refractivity contribution in [2.75, 3.05) is 18.5 Å². The average molecular weight is 275 g/mol.